The van der Waals surface area contributed by atoms with Crippen molar-refractivity contribution in [3.8, 4) is 5.75 Å². The van der Waals surface area contributed by atoms with Crippen molar-refractivity contribution in [2.24, 2.45) is 5.92 Å². The average Bonchev–Trinajstić information content (AvgIpc) is 3.38. The summed E-state index contributed by atoms with van der Waals surface area (Å²) in [6.45, 7) is 9.93. The van der Waals surface area contributed by atoms with E-state index in [4.69, 9.17) is 14.0 Å². The van der Waals surface area contributed by atoms with Crippen LogP contribution in [0, 0.1) is 19.8 Å². The fourth-order valence-electron chi connectivity index (χ4n) is 5.67. The first-order valence-electron chi connectivity index (χ1n) is 16.6. The van der Waals surface area contributed by atoms with Crippen molar-refractivity contribution in [3.63, 3.8) is 0 Å². The van der Waals surface area contributed by atoms with Crippen molar-refractivity contribution < 1.29 is 33.5 Å². The van der Waals surface area contributed by atoms with Crippen molar-refractivity contribution >= 4 is 29.2 Å². The number of nitrogens with one attached hydrogen (secondary N) is 2. The fourth-order valence-corrected chi connectivity index (χ4v) is 5.67. The highest BCUT2D eigenvalue weighted by Gasteiger charge is 2.31. The minimum atomic E-state index is -0.532. The Bertz CT molecular complexity index is 1510. The predicted octanol–water partition coefficient (Wildman–Crippen LogP) is 5.43. The van der Waals surface area contributed by atoms with E-state index in [1.54, 1.807) is 55.8 Å². The third kappa shape index (κ3) is 9.80. The summed E-state index contributed by atoms with van der Waals surface area (Å²) >= 11 is 0. The number of aliphatic hydroxyl groups is 1. The number of aliphatic hydroxyl groups excluding tert-OH is 1. The van der Waals surface area contributed by atoms with Gasteiger partial charge in [0.15, 0.2) is 5.76 Å². The Balaban J connectivity index is 1.58. The molecule has 48 heavy (non-hydrogen) atoms. The van der Waals surface area contributed by atoms with E-state index in [9.17, 15) is 19.5 Å². The van der Waals surface area contributed by atoms with Crippen LogP contribution in [0.2, 0.25) is 0 Å². The van der Waals surface area contributed by atoms with Crippen LogP contribution in [-0.4, -0.2) is 89.5 Å². The standard InChI is InChI=1S/C36H49N5O7/c1-23-20-41(24(2)22-42)35(44)30-19-29(37-33(43)18-28-13-8-7-9-14-28)15-16-31(30)47-25(3)12-10-11-17-46-32(23)21-40(6)36(45)38-34-26(4)39-48-27(34)5/h7-9,13-16,19,23-25,32,42H,10-12,17-18,20-22H2,1-6H3,(H,37,43)(H,38,45)/t23-,24+,25+,32-/m0/s1. The molecule has 12 heteroatoms. The van der Waals surface area contributed by atoms with E-state index in [2.05, 4.69) is 15.8 Å². The fraction of sp³-hybridized carbons (Fsp3) is 0.500. The predicted molar refractivity (Wildman–Crippen MR) is 183 cm³/mol. The van der Waals surface area contributed by atoms with Crippen LogP contribution in [0.3, 0.4) is 0 Å². The van der Waals surface area contributed by atoms with Gasteiger partial charge in [-0.15, -0.1) is 0 Å². The third-order valence-electron chi connectivity index (χ3n) is 8.61. The summed E-state index contributed by atoms with van der Waals surface area (Å²) in [7, 11) is 1.69. The quantitative estimate of drug-likeness (QED) is 0.289. The molecule has 4 atom stereocenters. The van der Waals surface area contributed by atoms with Crippen molar-refractivity contribution in [3.05, 3.63) is 71.1 Å². The number of rotatable bonds is 8. The maximum absolute atomic E-state index is 14.4. The number of amides is 4. The molecule has 0 aliphatic carbocycles. The third-order valence-corrected chi connectivity index (χ3v) is 8.61. The Morgan fingerprint density at radius 3 is 2.54 bits per heavy atom. The summed E-state index contributed by atoms with van der Waals surface area (Å²) in [5, 5.41) is 19.9. The molecule has 260 valence electrons. The van der Waals surface area contributed by atoms with Crippen LogP contribution < -0.4 is 15.4 Å². The molecule has 12 nitrogen and oxygen atoms in total. The zero-order valence-corrected chi connectivity index (χ0v) is 28.8. The summed E-state index contributed by atoms with van der Waals surface area (Å²) in [6.07, 6.45) is 1.97. The van der Waals surface area contributed by atoms with Gasteiger partial charge in [0.25, 0.3) is 5.91 Å². The molecule has 1 aliphatic rings. The summed E-state index contributed by atoms with van der Waals surface area (Å²) < 4.78 is 17.8. The SMILES string of the molecule is Cc1noc(C)c1NC(=O)N(C)C[C@@H]1OCCCC[C@@H](C)Oc2ccc(NC(=O)Cc3ccccc3)cc2C(=O)N([C@H](C)CO)C[C@@H]1C. The number of aryl methyl sites for hydroxylation is 2. The van der Waals surface area contributed by atoms with Crippen molar-refractivity contribution in [2.45, 2.75) is 78.6 Å². The topological polar surface area (TPSA) is 146 Å². The Labute approximate surface area is 282 Å². The largest absolute Gasteiger partial charge is 0.490 e. The number of anilines is 2. The molecule has 2 heterocycles. The molecule has 0 saturated heterocycles. The van der Waals surface area contributed by atoms with E-state index in [0.717, 1.165) is 24.8 Å². The number of nitrogens with zero attached hydrogens (tertiary/aromatic N) is 3. The molecule has 1 aliphatic heterocycles. The van der Waals surface area contributed by atoms with Gasteiger partial charge in [0, 0.05) is 38.3 Å². The molecule has 2 aromatic carbocycles. The molecule has 0 unspecified atom stereocenters. The van der Waals surface area contributed by atoms with E-state index in [1.165, 1.54) is 0 Å². The van der Waals surface area contributed by atoms with Gasteiger partial charge in [0.1, 0.15) is 17.1 Å². The lowest BCUT2D eigenvalue weighted by atomic mass is 10.0. The molecule has 4 amide bonds. The van der Waals surface area contributed by atoms with Crippen molar-refractivity contribution in [2.75, 3.05) is 44.0 Å². The van der Waals surface area contributed by atoms with Gasteiger partial charge >= 0.3 is 6.03 Å². The van der Waals surface area contributed by atoms with Gasteiger partial charge in [-0.05, 0) is 70.7 Å². The molecule has 0 spiro atoms. The molecule has 3 N–H and O–H groups in total. The Morgan fingerprint density at radius 1 is 1.10 bits per heavy atom. The number of urea groups is 1. The second-order valence-corrected chi connectivity index (χ2v) is 12.7. The van der Waals surface area contributed by atoms with Crippen LogP contribution in [0.1, 0.15) is 67.4 Å². The Kier molecular flexibility index (Phi) is 13.0. The van der Waals surface area contributed by atoms with Crippen LogP contribution in [0.5, 0.6) is 5.75 Å². The summed E-state index contributed by atoms with van der Waals surface area (Å²) in [5.41, 5.74) is 2.75. The minimum Gasteiger partial charge on any atom is -0.490 e. The van der Waals surface area contributed by atoms with Gasteiger partial charge in [0.2, 0.25) is 5.91 Å². The second kappa shape index (κ2) is 17.1. The normalized spacial score (nSPS) is 19.8. The molecule has 4 rings (SSSR count). The van der Waals surface area contributed by atoms with Gasteiger partial charge in [-0.2, -0.15) is 0 Å². The highest BCUT2D eigenvalue weighted by Crippen LogP contribution is 2.29. The van der Waals surface area contributed by atoms with E-state index in [1.807, 2.05) is 44.2 Å². The van der Waals surface area contributed by atoms with Gasteiger partial charge < -0.3 is 39.5 Å². The van der Waals surface area contributed by atoms with Gasteiger partial charge in [-0.25, -0.2) is 4.79 Å². The van der Waals surface area contributed by atoms with Crippen molar-refractivity contribution in [1.29, 1.82) is 0 Å². The van der Waals surface area contributed by atoms with E-state index < -0.39 is 12.1 Å². The smallest absolute Gasteiger partial charge is 0.321 e. The summed E-state index contributed by atoms with van der Waals surface area (Å²) in [6, 6.07) is 13.7. The number of hydrogen-bond acceptors (Lipinski definition) is 8. The number of hydrogen-bond donors (Lipinski definition) is 3. The zero-order valence-electron chi connectivity index (χ0n) is 28.8. The summed E-state index contributed by atoms with van der Waals surface area (Å²) in [5.74, 6) is 0.154. The first kappa shape index (κ1) is 36.4. The molecule has 1 aromatic heterocycles. The van der Waals surface area contributed by atoms with Crippen LogP contribution in [0.15, 0.2) is 53.1 Å². The van der Waals surface area contributed by atoms with Crippen molar-refractivity contribution in [1.82, 2.24) is 15.0 Å². The van der Waals surface area contributed by atoms with E-state index in [0.29, 0.717) is 35.2 Å². The van der Waals surface area contributed by atoms with E-state index >= 15 is 0 Å². The Hall–Kier alpha value is -4.42. The number of carbonyl (C=O) groups is 3. The van der Waals surface area contributed by atoms with Gasteiger partial charge in [-0.3, -0.25) is 9.59 Å². The molecule has 0 radical (unpaired) electrons. The van der Waals surface area contributed by atoms with E-state index in [-0.39, 0.29) is 61.5 Å². The molecule has 3 aromatic rings. The Morgan fingerprint density at radius 2 is 1.85 bits per heavy atom. The number of carbonyl (C=O) groups excluding carboxylic acids is 3. The zero-order chi connectivity index (χ0) is 34.8. The molecule has 0 bridgehead atoms. The lowest BCUT2D eigenvalue weighted by Gasteiger charge is -2.35. The minimum absolute atomic E-state index is 0.185. The number of fused-ring (bicyclic) bond motifs is 1. The molecular formula is C36H49N5O7. The first-order valence-corrected chi connectivity index (χ1v) is 16.6. The highest BCUT2D eigenvalue weighted by molar-refractivity contribution is 6.00. The molecule has 0 fully saturated rings. The van der Waals surface area contributed by atoms with Crippen LogP contribution >= 0.6 is 0 Å². The maximum Gasteiger partial charge on any atom is 0.321 e. The number of ether oxygens (including phenoxy) is 2. The lowest BCUT2D eigenvalue weighted by Crippen LogP contribution is -2.48. The average molecular weight is 664 g/mol. The van der Waals surface area contributed by atoms with Gasteiger partial charge in [-0.1, -0.05) is 42.4 Å². The second-order valence-electron chi connectivity index (χ2n) is 12.7. The number of aromatic nitrogens is 1. The number of benzene rings is 2. The summed E-state index contributed by atoms with van der Waals surface area (Å²) in [4.78, 5) is 43.6. The maximum atomic E-state index is 14.4. The van der Waals surface area contributed by atoms with Crippen LogP contribution in [0.25, 0.3) is 0 Å². The van der Waals surface area contributed by atoms with Gasteiger partial charge in [0.05, 0.1) is 36.8 Å². The monoisotopic (exact) mass is 663 g/mol. The van der Waals surface area contributed by atoms with Crippen LogP contribution in [-0.2, 0) is 16.0 Å². The molecular weight excluding hydrogens is 614 g/mol. The lowest BCUT2D eigenvalue weighted by molar-refractivity contribution is -0.115. The molecule has 0 saturated carbocycles. The van der Waals surface area contributed by atoms with Crippen LogP contribution in [0.4, 0.5) is 16.2 Å². The number of likely N-dealkylation sites (N-methyl/N-ethyl adjacent to an activating group) is 1. The first-order chi connectivity index (χ1) is 23.0. The highest BCUT2D eigenvalue weighted by atomic mass is 16.5.